The molecule has 5 nitrogen and oxygen atoms in total. The molecule has 0 radical (unpaired) electrons. The highest BCUT2D eigenvalue weighted by atomic mass is 16.1. The quantitative estimate of drug-likeness (QED) is 0.531. The average Bonchev–Trinajstić information content (AvgIpc) is 2.57. The van der Waals surface area contributed by atoms with Crippen molar-refractivity contribution in [2.75, 3.05) is 0 Å². The van der Waals surface area contributed by atoms with Crippen LogP contribution in [0.3, 0.4) is 0 Å². The van der Waals surface area contributed by atoms with Crippen molar-refractivity contribution in [3.8, 4) is 0 Å². The maximum atomic E-state index is 12.3. The van der Waals surface area contributed by atoms with E-state index in [-0.39, 0.29) is 5.56 Å². The first kappa shape index (κ1) is 12.6. The van der Waals surface area contributed by atoms with E-state index in [4.69, 9.17) is 0 Å². The average molecular weight is 288 g/mol. The van der Waals surface area contributed by atoms with Crippen molar-refractivity contribution in [3.63, 3.8) is 0 Å². The van der Waals surface area contributed by atoms with Crippen LogP contribution in [0, 0.1) is 0 Å². The molecule has 0 spiro atoms. The highest BCUT2D eigenvalue weighted by molar-refractivity contribution is 5.90. The number of para-hydroxylation sites is 1. The largest absolute Gasteiger partial charge is 0.295 e. The summed E-state index contributed by atoms with van der Waals surface area (Å²) < 4.78 is 1.57. The van der Waals surface area contributed by atoms with Crippen LogP contribution in [0.25, 0.3) is 16.6 Å². The summed E-state index contributed by atoms with van der Waals surface area (Å²) in [6, 6.07) is 17.3. The first-order chi connectivity index (χ1) is 10.8. The first-order valence-corrected chi connectivity index (χ1v) is 6.98. The lowest BCUT2D eigenvalue weighted by Crippen LogP contribution is -2.19. The fourth-order valence-corrected chi connectivity index (χ4v) is 2.49. The van der Waals surface area contributed by atoms with Gasteiger partial charge in [0.1, 0.15) is 12.0 Å². The van der Waals surface area contributed by atoms with E-state index in [2.05, 4.69) is 15.1 Å². The Morgan fingerprint density at radius 3 is 2.59 bits per heavy atom. The van der Waals surface area contributed by atoms with E-state index in [1.165, 1.54) is 0 Å². The van der Waals surface area contributed by atoms with Gasteiger partial charge in [0.15, 0.2) is 5.65 Å². The van der Waals surface area contributed by atoms with Crippen LogP contribution in [0.4, 0.5) is 0 Å². The van der Waals surface area contributed by atoms with Gasteiger partial charge in [-0.05, 0) is 17.7 Å². The molecule has 0 amide bonds. The van der Waals surface area contributed by atoms with Crippen molar-refractivity contribution < 1.29 is 0 Å². The summed E-state index contributed by atoms with van der Waals surface area (Å²) in [4.78, 5) is 20.8. The van der Waals surface area contributed by atoms with Gasteiger partial charge in [0.25, 0.3) is 5.56 Å². The Labute approximate surface area is 125 Å². The monoisotopic (exact) mass is 288 g/mol. The van der Waals surface area contributed by atoms with E-state index < -0.39 is 0 Å². The van der Waals surface area contributed by atoms with Crippen LogP contribution < -0.4 is 5.56 Å². The fraction of sp³-hybridized carbons (Fsp3) is 0.0588. The Bertz CT molecular complexity index is 1020. The molecule has 4 rings (SSSR count). The minimum absolute atomic E-state index is 0.291. The third kappa shape index (κ3) is 2.13. The van der Waals surface area contributed by atoms with Crippen molar-refractivity contribution in [2.45, 2.75) is 6.42 Å². The maximum absolute atomic E-state index is 12.3. The molecule has 0 atom stereocenters. The lowest BCUT2D eigenvalue weighted by atomic mass is 10.1. The molecule has 0 aliphatic carbocycles. The van der Waals surface area contributed by atoms with Crippen LogP contribution in [0.5, 0.6) is 0 Å². The summed E-state index contributed by atoms with van der Waals surface area (Å²) in [6.07, 6.45) is 2.06. The van der Waals surface area contributed by atoms with Gasteiger partial charge in [-0.15, -0.1) is 0 Å². The molecule has 0 aliphatic heterocycles. The fourth-order valence-electron chi connectivity index (χ4n) is 2.49. The van der Waals surface area contributed by atoms with Crippen LogP contribution in [-0.2, 0) is 6.42 Å². The van der Waals surface area contributed by atoms with Gasteiger partial charge >= 0.3 is 0 Å². The van der Waals surface area contributed by atoms with E-state index in [0.717, 1.165) is 16.5 Å². The molecule has 0 saturated carbocycles. The van der Waals surface area contributed by atoms with Crippen molar-refractivity contribution in [3.05, 3.63) is 82.5 Å². The number of hydrogen-bond acceptors (Lipinski definition) is 4. The van der Waals surface area contributed by atoms with E-state index in [0.29, 0.717) is 17.8 Å². The highest BCUT2D eigenvalue weighted by Gasteiger charge is 2.09. The molecular formula is C17H12N4O. The Morgan fingerprint density at radius 2 is 1.73 bits per heavy atom. The zero-order chi connectivity index (χ0) is 14.9. The molecular weight excluding hydrogens is 276 g/mol. The summed E-state index contributed by atoms with van der Waals surface area (Å²) in [5.74, 6) is 0. The third-order valence-corrected chi connectivity index (χ3v) is 3.57. The Balaban J connectivity index is 1.90. The summed E-state index contributed by atoms with van der Waals surface area (Å²) in [5, 5.41) is 5.22. The van der Waals surface area contributed by atoms with Crippen molar-refractivity contribution in [2.24, 2.45) is 0 Å². The van der Waals surface area contributed by atoms with Gasteiger partial charge in [-0.1, -0.05) is 42.5 Å². The van der Waals surface area contributed by atoms with Gasteiger partial charge in [-0.2, -0.15) is 10.1 Å². The molecule has 106 valence electrons. The van der Waals surface area contributed by atoms with Gasteiger partial charge in [-0.3, -0.25) is 4.79 Å². The number of nitrogens with zero attached hydrogens (tertiary/aromatic N) is 4. The second-order valence-corrected chi connectivity index (χ2v) is 5.06. The maximum Gasteiger partial charge on any atom is 0.295 e. The summed E-state index contributed by atoms with van der Waals surface area (Å²) in [7, 11) is 0. The Kier molecular flexibility index (Phi) is 2.89. The molecule has 2 aromatic carbocycles. The van der Waals surface area contributed by atoms with E-state index >= 15 is 0 Å². The van der Waals surface area contributed by atoms with Gasteiger partial charge in [0, 0.05) is 11.8 Å². The molecule has 0 fully saturated rings. The number of aromatic nitrogens is 4. The van der Waals surface area contributed by atoms with Gasteiger partial charge in [-0.25, -0.2) is 9.50 Å². The molecule has 2 heterocycles. The van der Waals surface area contributed by atoms with Crippen molar-refractivity contribution in [1.29, 1.82) is 0 Å². The second-order valence-electron chi connectivity index (χ2n) is 5.06. The molecule has 22 heavy (non-hydrogen) atoms. The molecule has 2 aromatic heterocycles. The van der Waals surface area contributed by atoms with Gasteiger partial charge in [0.05, 0.1) is 5.52 Å². The van der Waals surface area contributed by atoms with Crippen LogP contribution in [0.1, 0.15) is 11.3 Å². The SMILES string of the molecule is O=c1nc2c3ccccc3ncn2nc1Cc1ccccc1. The number of rotatable bonds is 2. The highest BCUT2D eigenvalue weighted by Crippen LogP contribution is 2.14. The van der Waals surface area contributed by atoms with E-state index in [1.807, 2.05) is 54.6 Å². The molecule has 0 saturated heterocycles. The summed E-state index contributed by atoms with van der Waals surface area (Å²) in [5.41, 5.74) is 2.49. The van der Waals surface area contributed by atoms with Crippen LogP contribution in [0.15, 0.2) is 65.7 Å². The number of fused-ring (bicyclic) bond motifs is 3. The predicted molar refractivity (Wildman–Crippen MR) is 83.8 cm³/mol. The molecule has 0 unspecified atom stereocenters. The van der Waals surface area contributed by atoms with Crippen LogP contribution >= 0.6 is 0 Å². The number of hydrogen-bond donors (Lipinski definition) is 0. The normalized spacial score (nSPS) is 11.1. The summed E-state index contributed by atoms with van der Waals surface area (Å²) >= 11 is 0. The lowest BCUT2D eigenvalue weighted by molar-refractivity contribution is 0.810. The third-order valence-electron chi connectivity index (χ3n) is 3.57. The zero-order valence-electron chi connectivity index (χ0n) is 11.7. The molecule has 5 heteroatoms. The standard InChI is InChI=1S/C17H12N4O/c22-17-15(10-12-6-2-1-3-7-12)20-21-11-18-14-9-5-4-8-13(14)16(21)19-17/h1-9,11H,10H2. The minimum Gasteiger partial charge on any atom is -0.265 e. The van der Waals surface area contributed by atoms with E-state index in [1.54, 1.807) is 10.8 Å². The first-order valence-electron chi connectivity index (χ1n) is 6.98. The minimum atomic E-state index is -0.291. The molecule has 0 bridgehead atoms. The second kappa shape index (κ2) is 5.04. The summed E-state index contributed by atoms with van der Waals surface area (Å²) in [6.45, 7) is 0. The van der Waals surface area contributed by atoms with Crippen molar-refractivity contribution in [1.82, 2.24) is 19.6 Å². The van der Waals surface area contributed by atoms with Crippen molar-refractivity contribution >= 4 is 16.6 Å². The molecule has 0 N–H and O–H groups in total. The lowest BCUT2D eigenvalue weighted by Gasteiger charge is -2.05. The predicted octanol–water partition coefficient (Wildman–Crippen LogP) is 2.23. The molecule has 4 aromatic rings. The molecule has 0 aliphatic rings. The van der Waals surface area contributed by atoms with Gasteiger partial charge < -0.3 is 0 Å². The Morgan fingerprint density at radius 1 is 0.955 bits per heavy atom. The smallest absolute Gasteiger partial charge is 0.265 e. The van der Waals surface area contributed by atoms with Gasteiger partial charge in [0.2, 0.25) is 0 Å². The van der Waals surface area contributed by atoms with Crippen LogP contribution in [-0.4, -0.2) is 19.6 Å². The van der Waals surface area contributed by atoms with E-state index in [9.17, 15) is 4.79 Å². The topological polar surface area (TPSA) is 60.2 Å². The zero-order valence-corrected chi connectivity index (χ0v) is 11.7. The Hall–Kier alpha value is -3.08. The number of benzene rings is 2. The van der Waals surface area contributed by atoms with Crippen LogP contribution in [0.2, 0.25) is 0 Å².